The van der Waals surface area contributed by atoms with Crippen LogP contribution in [0.15, 0.2) is 24.3 Å². The summed E-state index contributed by atoms with van der Waals surface area (Å²) in [7, 11) is 0. The monoisotopic (exact) mass is 211 g/mol. The van der Waals surface area contributed by atoms with Gasteiger partial charge in [-0.1, -0.05) is 23.7 Å². The average molecular weight is 212 g/mol. The van der Waals surface area contributed by atoms with Gasteiger partial charge in [0.05, 0.1) is 0 Å². The molecule has 0 heterocycles. The van der Waals surface area contributed by atoms with Gasteiger partial charge in [0.15, 0.2) is 0 Å². The van der Waals surface area contributed by atoms with Gasteiger partial charge >= 0.3 is 0 Å². The van der Waals surface area contributed by atoms with Crippen molar-refractivity contribution in [3.63, 3.8) is 0 Å². The molecule has 1 aromatic rings. The lowest BCUT2D eigenvalue weighted by Crippen LogP contribution is -2.14. The SMILES string of the molecule is CC(=O)[C@H](CCN)c1cccc(Cl)c1. The Morgan fingerprint density at radius 2 is 2.29 bits per heavy atom. The summed E-state index contributed by atoms with van der Waals surface area (Å²) in [4.78, 5) is 11.3. The van der Waals surface area contributed by atoms with Crippen molar-refractivity contribution in [3.05, 3.63) is 34.9 Å². The topological polar surface area (TPSA) is 43.1 Å². The molecule has 2 N–H and O–H groups in total. The highest BCUT2D eigenvalue weighted by molar-refractivity contribution is 6.30. The molecule has 2 nitrogen and oxygen atoms in total. The van der Waals surface area contributed by atoms with Gasteiger partial charge in [0.1, 0.15) is 5.78 Å². The third-order valence-corrected chi connectivity index (χ3v) is 2.43. The zero-order chi connectivity index (χ0) is 10.6. The van der Waals surface area contributed by atoms with Crippen LogP contribution in [0, 0.1) is 0 Å². The average Bonchev–Trinajstić information content (AvgIpc) is 2.13. The van der Waals surface area contributed by atoms with E-state index in [1.54, 1.807) is 13.0 Å². The Morgan fingerprint density at radius 1 is 1.57 bits per heavy atom. The molecule has 0 radical (unpaired) electrons. The van der Waals surface area contributed by atoms with Crippen molar-refractivity contribution in [2.45, 2.75) is 19.3 Å². The van der Waals surface area contributed by atoms with Crippen molar-refractivity contribution >= 4 is 17.4 Å². The molecule has 0 fully saturated rings. The van der Waals surface area contributed by atoms with Crippen molar-refractivity contribution in [1.29, 1.82) is 0 Å². The highest BCUT2D eigenvalue weighted by atomic mass is 35.5. The quantitative estimate of drug-likeness (QED) is 0.831. The molecule has 1 atom stereocenters. The van der Waals surface area contributed by atoms with Crippen LogP contribution >= 0.6 is 11.6 Å². The van der Waals surface area contributed by atoms with Gasteiger partial charge in [0.2, 0.25) is 0 Å². The standard InChI is InChI=1S/C11H14ClNO/c1-8(14)11(5-6-13)9-3-2-4-10(12)7-9/h2-4,7,11H,5-6,13H2,1H3/t11-/m0/s1. The van der Waals surface area contributed by atoms with E-state index in [0.717, 1.165) is 5.56 Å². The second-order valence-corrected chi connectivity index (χ2v) is 3.73. The van der Waals surface area contributed by atoms with Gasteiger partial charge in [0.25, 0.3) is 0 Å². The second kappa shape index (κ2) is 5.13. The van der Waals surface area contributed by atoms with Gasteiger partial charge in [-0.15, -0.1) is 0 Å². The number of carbonyl (C=O) groups excluding carboxylic acids is 1. The predicted molar refractivity (Wildman–Crippen MR) is 58.5 cm³/mol. The third kappa shape index (κ3) is 2.82. The van der Waals surface area contributed by atoms with Gasteiger partial charge in [-0.05, 0) is 37.6 Å². The molecule has 1 aromatic carbocycles. The summed E-state index contributed by atoms with van der Waals surface area (Å²) in [6, 6.07) is 7.38. The molecule has 76 valence electrons. The molecule has 0 bridgehead atoms. The Labute approximate surface area is 89.1 Å². The van der Waals surface area contributed by atoms with Crippen molar-refractivity contribution in [3.8, 4) is 0 Å². The molecular formula is C11H14ClNO. The summed E-state index contributed by atoms with van der Waals surface area (Å²) in [6.07, 6.45) is 0.676. The number of benzene rings is 1. The normalized spacial score (nSPS) is 12.5. The first-order valence-corrected chi connectivity index (χ1v) is 4.99. The minimum atomic E-state index is -0.112. The van der Waals surface area contributed by atoms with Crippen molar-refractivity contribution in [2.75, 3.05) is 6.54 Å². The number of nitrogens with two attached hydrogens (primary N) is 1. The summed E-state index contributed by atoms with van der Waals surface area (Å²) in [5.74, 6) is 0.0245. The molecule has 0 aliphatic heterocycles. The second-order valence-electron chi connectivity index (χ2n) is 3.30. The van der Waals surface area contributed by atoms with E-state index in [1.165, 1.54) is 0 Å². The Kier molecular flexibility index (Phi) is 4.11. The zero-order valence-corrected chi connectivity index (χ0v) is 8.92. The first-order valence-electron chi connectivity index (χ1n) is 4.61. The zero-order valence-electron chi connectivity index (χ0n) is 8.16. The molecule has 0 amide bonds. The van der Waals surface area contributed by atoms with Crippen LogP contribution in [0.1, 0.15) is 24.8 Å². The van der Waals surface area contributed by atoms with E-state index >= 15 is 0 Å². The lowest BCUT2D eigenvalue weighted by atomic mass is 9.92. The van der Waals surface area contributed by atoms with Crippen molar-refractivity contribution < 1.29 is 4.79 Å². The minimum Gasteiger partial charge on any atom is -0.330 e. The molecule has 3 heteroatoms. The Balaban J connectivity index is 2.93. The molecule has 0 saturated heterocycles. The van der Waals surface area contributed by atoms with E-state index in [-0.39, 0.29) is 11.7 Å². The number of hydrogen-bond donors (Lipinski definition) is 1. The third-order valence-electron chi connectivity index (χ3n) is 2.20. The van der Waals surface area contributed by atoms with E-state index in [1.807, 2.05) is 18.2 Å². The fraction of sp³-hybridized carbons (Fsp3) is 0.364. The summed E-state index contributed by atoms with van der Waals surface area (Å²) < 4.78 is 0. The van der Waals surface area contributed by atoms with Gasteiger partial charge < -0.3 is 5.73 Å². The summed E-state index contributed by atoms with van der Waals surface area (Å²) >= 11 is 5.85. The molecule has 1 rings (SSSR count). The van der Waals surface area contributed by atoms with Crippen LogP contribution in [0.5, 0.6) is 0 Å². The number of rotatable bonds is 4. The van der Waals surface area contributed by atoms with Crippen LogP contribution in [0.4, 0.5) is 0 Å². The van der Waals surface area contributed by atoms with Crippen LogP contribution in [0.25, 0.3) is 0 Å². The fourth-order valence-corrected chi connectivity index (χ4v) is 1.69. The molecule has 0 aliphatic carbocycles. The molecule has 0 spiro atoms. The Hall–Kier alpha value is -0.860. The fourth-order valence-electron chi connectivity index (χ4n) is 1.49. The molecule has 0 saturated carbocycles. The summed E-state index contributed by atoms with van der Waals surface area (Å²) in [5, 5.41) is 0.658. The maximum absolute atomic E-state index is 11.3. The molecular weight excluding hydrogens is 198 g/mol. The smallest absolute Gasteiger partial charge is 0.137 e. The largest absolute Gasteiger partial charge is 0.330 e. The van der Waals surface area contributed by atoms with Crippen LogP contribution < -0.4 is 5.73 Å². The van der Waals surface area contributed by atoms with E-state index in [9.17, 15) is 4.79 Å². The Bertz CT molecular complexity index is 325. The maximum atomic E-state index is 11.3. The van der Waals surface area contributed by atoms with Crippen LogP contribution in [0.3, 0.4) is 0 Å². The van der Waals surface area contributed by atoms with Crippen LogP contribution in [-0.2, 0) is 4.79 Å². The molecule has 14 heavy (non-hydrogen) atoms. The van der Waals surface area contributed by atoms with E-state index < -0.39 is 0 Å². The first kappa shape index (κ1) is 11.2. The highest BCUT2D eigenvalue weighted by Crippen LogP contribution is 2.22. The number of carbonyl (C=O) groups is 1. The van der Waals surface area contributed by atoms with Gasteiger partial charge in [0, 0.05) is 10.9 Å². The predicted octanol–water partition coefficient (Wildman–Crippen LogP) is 2.36. The van der Waals surface area contributed by atoms with Gasteiger partial charge in [-0.3, -0.25) is 4.79 Å². The number of halogens is 1. The van der Waals surface area contributed by atoms with Crippen LogP contribution in [-0.4, -0.2) is 12.3 Å². The lowest BCUT2D eigenvalue weighted by molar-refractivity contribution is -0.118. The van der Waals surface area contributed by atoms with Crippen molar-refractivity contribution in [2.24, 2.45) is 5.73 Å². The molecule has 0 aliphatic rings. The van der Waals surface area contributed by atoms with Crippen LogP contribution in [0.2, 0.25) is 5.02 Å². The molecule has 0 aromatic heterocycles. The van der Waals surface area contributed by atoms with Gasteiger partial charge in [-0.25, -0.2) is 0 Å². The molecule has 0 unspecified atom stereocenters. The number of Topliss-reactive ketones (excluding diaryl/α,β-unsaturated/α-hetero) is 1. The number of ketones is 1. The highest BCUT2D eigenvalue weighted by Gasteiger charge is 2.15. The van der Waals surface area contributed by atoms with E-state index in [0.29, 0.717) is 18.0 Å². The first-order chi connectivity index (χ1) is 6.65. The minimum absolute atomic E-state index is 0.112. The van der Waals surface area contributed by atoms with E-state index in [2.05, 4.69) is 0 Å². The maximum Gasteiger partial charge on any atom is 0.137 e. The number of hydrogen-bond acceptors (Lipinski definition) is 2. The van der Waals surface area contributed by atoms with Gasteiger partial charge in [-0.2, -0.15) is 0 Å². The lowest BCUT2D eigenvalue weighted by Gasteiger charge is -2.12. The Morgan fingerprint density at radius 3 is 2.79 bits per heavy atom. The van der Waals surface area contributed by atoms with E-state index in [4.69, 9.17) is 17.3 Å². The van der Waals surface area contributed by atoms with Crippen molar-refractivity contribution in [1.82, 2.24) is 0 Å². The summed E-state index contributed by atoms with van der Waals surface area (Å²) in [5.41, 5.74) is 6.41. The summed E-state index contributed by atoms with van der Waals surface area (Å²) in [6.45, 7) is 2.10.